The lowest BCUT2D eigenvalue weighted by Gasteiger charge is -2.32. The third-order valence-corrected chi connectivity index (χ3v) is 6.20. The zero-order valence-electron chi connectivity index (χ0n) is 16.7. The molecule has 26 heavy (non-hydrogen) atoms. The summed E-state index contributed by atoms with van der Waals surface area (Å²) in [4.78, 5) is 27.9. The molecule has 3 amide bonds. The summed E-state index contributed by atoms with van der Waals surface area (Å²) in [5, 5.41) is 3.02. The third kappa shape index (κ3) is 3.86. The van der Waals surface area contributed by atoms with Gasteiger partial charge < -0.3 is 24.4 Å². The highest BCUT2D eigenvalue weighted by molar-refractivity contribution is 6.47. The first-order valence-electron chi connectivity index (χ1n) is 9.78. The van der Waals surface area contributed by atoms with Gasteiger partial charge in [0.1, 0.15) is 0 Å². The first-order valence-corrected chi connectivity index (χ1v) is 9.78. The fraction of sp³-hybridized carbons (Fsp3) is 0.889. The van der Waals surface area contributed by atoms with E-state index < -0.39 is 0 Å². The highest BCUT2D eigenvalue weighted by Gasteiger charge is 2.54. The number of amides is 3. The Kier molecular flexibility index (Phi) is 5.27. The predicted molar refractivity (Wildman–Crippen MR) is 99.8 cm³/mol. The molecule has 8 heteroatoms. The van der Waals surface area contributed by atoms with Gasteiger partial charge in [0.15, 0.2) is 0 Å². The standard InChI is InChI=1S/C18H32BN3O4/c1-13(11-21-9-6-7-15(21)23)20-16(24)22-10-8-14(12-22)19-25-17(2,3)18(4,5)26-19/h13-14H,6-12H2,1-5H3,(H,20,24). The fourth-order valence-corrected chi connectivity index (χ4v) is 3.85. The minimum atomic E-state index is -0.343. The molecule has 3 heterocycles. The Morgan fingerprint density at radius 2 is 1.92 bits per heavy atom. The summed E-state index contributed by atoms with van der Waals surface area (Å²) < 4.78 is 12.3. The monoisotopic (exact) mass is 365 g/mol. The summed E-state index contributed by atoms with van der Waals surface area (Å²) in [5.41, 5.74) is -0.686. The molecule has 0 aromatic heterocycles. The van der Waals surface area contributed by atoms with E-state index in [0.29, 0.717) is 26.1 Å². The number of nitrogens with one attached hydrogen (secondary N) is 1. The number of rotatable bonds is 4. The molecule has 2 atom stereocenters. The minimum absolute atomic E-state index is 0.0551. The van der Waals surface area contributed by atoms with Crippen LogP contribution in [0.1, 0.15) is 53.9 Å². The van der Waals surface area contributed by atoms with E-state index in [-0.39, 0.29) is 42.1 Å². The molecule has 0 saturated carbocycles. The molecule has 7 nitrogen and oxygen atoms in total. The van der Waals surface area contributed by atoms with Crippen LogP contribution in [0.25, 0.3) is 0 Å². The van der Waals surface area contributed by atoms with Gasteiger partial charge in [-0.1, -0.05) is 0 Å². The second kappa shape index (κ2) is 7.04. The topological polar surface area (TPSA) is 71.1 Å². The van der Waals surface area contributed by atoms with Crippen LogP contribution in [-0.2, 0) is 14.1 Å². The summed E-state index contributed by atoms with van der Waals surface area (Å²) in [5.74, 6) is 0.380. The number of urea groups is 1. The van der Waals surface area contributed by atoms with E-state index in [0.717, 1.165) is 19.4 Å². The maximum atomic E-state index is 12.6. The van der Waals surface area contributed by atoms with E-state index in [1.54, 1.807) is 0 Å². The molecule has 0 aromatic rings. The van der Waals surface area contributed by atoms with E-state index in [2.05, 4.69) is 5.32 Å². The van der Waals surface area contributed by atoms with Crippen LogP contribution >= 0.6 is 0 Å². The second-order valence-electron chi connectivity index (χ2n) is 8.91. The van der Waals surface area contributed by atoms with Gasteiger partial charge in [0.25, 0.3) is 0 Å². The first kappa shape index (κ1) is 19.5. The third-order valence-electron chi connectivity index (χ3n) is 6.20. The Bertz CT molecular complexity index is 553. The van der Waals surface area contributed by atoms with E-state index in [9.17, 15) is 9.59 Å². The van der Waals surface area contributed by atoms with Gasteiger partial charge >= 0.3 is 13.1 Å². The van der Waals surface area contributed by atoms with Crippen LogP contribution in [0.4, 0.5) is 4.79 Å². The van der Waals surface area contributed by atoms with Gasteiger partial charge in [-0.25, -0.2) is 4.79 Å². The molecule has 3 fully saturated rings. The molecule has 146 valence electrons. The molecular weight excluding hydrogens is 333 g/mol. The molecule has 3 aliphatic rings. The van der Waals surface area contributed by atoms with Gasteiger partial charge in [0.05, 0.1) is 11.2 Å². The summed E-state index contributed by atoms with van der Waals surface area (Å²) in [6, 6.07) is -0.122. The maximum absolute atomic E-state index is 12.6. The van der Waals surface area contributed by atoms with Crippen molar-refractivity contribution in [1.29, 1.82) is 0 Å². The van der Waals surface area contributed by atoms with Crippen molar-refractivity contribution in [3.8, 4) is 0 Å². The van der Waals surface area contributed by atoms with Crippen molar-refractivity contribution in [3.63, 3.8) is 0 Å². The lowest BCUT2D eigenvalue weighted by molar-refractivity contribution is -0.127. The highest BCUT2D eigenvalue weighted by Crippen LogP contribution is 2.42. The Labute approximate surface area is 156 Å². The smallest absolute Gasteiger partial charge is 0.403 e. The van der Waals surface area contributed by atoms with Crippen molar-refractivity contribution in [1.82, 2.24) is 15.1 Å². The summed E-state index contributed by atoms with van der Waals surface area (Å²) in [6.07, 6.45) is 2.42. The average molecular weight is 365 g/mol. The highest BCUT2D eigenvalue weighted by atomic mass is 16.7. The lowest BCUT2D eigenvalue weighted by atomic mass is 9.71. The van der Waals surface area contributed by atoms with Crippen LogP contribution in [0.3, 0.4) is 0 Å². The zero-order chi connectivity index (χ0) is 19.1. The largest absolute Gasteiger partial charge is 0.463 e. The van der Waals surface area contributed by atoms with Crippen LogP contribution in [0.15, 0.2) is 0 Å². The molecule has 1 N–H and O–H groups in total. The van der Waals surface area contributed by atoms with Crippen LogP contribution in [0.5, 0.6) is 0 Å². The van der Waals surface area contributed by atoms with E-state index >= 15 is 0 Å². The molecule has 0 radical (unpaired) electrons. The van der Waals surface area contributed by atoms with Crippen molar-refractivity contribution in [2.75, 3.05) is 26.2 Å². The normalized spacial score (nSPS) is 28.7. The average Bonchev–Trinajstić information content (AvgIpc) is 3.20. The Hall–Kier alpha value is -1.28. The number of carbonyl (C=O) groups is 2. The van der Waals surface area contributed by atoms with Gasteiger partial charge in [-0.05, 0) is 47.5 Å². The molecule has 0 aromatic carbocycles. The molecule has 0 spiro atoms. The summed E-state index contributed by atoms with van der Waals surface area (Å²) in [6.45, 7) is 12.9. The van der Waals surface area contributed by atoms with E-state index in [4.69, 9.17) is 9.31 Å². The van der Waals surface area contributed by atoms with Crippen LogP contribution in [0, 0.1) is 0 Å². The Balaban J connectivity index is 1.48. The SMILES string of the molecule is CC(CN1CCCC1=O)NC(=O)N1CCC(B2OC(C)(C)C(C)(C)O2)C1. The molecule has 3 rings (SSSR count). The van der Waals surface area contributed by atoms with Crippen molar-refractivity contribution in [2.24, 2.45) is 0 Å². The number of likely N-dealkylation sites (tertiary alicyclic amines) is 2. The quantitative estimate of drug-likeness (QED) is 0.773. The van der Waals surface area contributed by atoms with Crippen LogP contribution in [-0.4, -0.2) is 72.3 Å². The van der Waals surface area contributed by atoms with Gasteiger partial charge in [0.2, 0.25) is 5.91 Å². The van der Waals surface area contributed by atoms with E-state index in [1.807, 2.05) is 44.4 Å². The van der Waals surface area contributed by atoms with Crippen molar-refractivity contribution < 1.29 is 18.9 Å². The Morgan fingerprint density at radius 1 is 1.27 bits per heavy atom. The number of nitrogens with zero attached hydrogens (tertiary/aromatic N) is 2. The Morgan fingerprint density at radius 3 is 2.50 bits per heavy atom. The van der Waals surface area contributed by atoms with Gasteiger partial charge in [-0.15, -0.1) is 0 Å². The molecule has 0 aliphatic carbocycles. The zero-order valence-corrected chi connectivity index (χ0v) is 16.7. The van der Waals surface area contributed by atoms with Gasteiger partial charge in [0, 0.05) is 44.5 Å². The van der Waals surface area contributed by atoms with Crippen molar-refractivity contribution in [2.45, 2.75) is 76.9 Å². The lowest BCUT2D eigenvalue weighted by Crippen LogP contribution is -2.47. The number of hydrogen-bond acceptors (Lipinski definition) is 4. The first-order chi connectivity index (χ1) is 12.1. The van der Waals surface area contributed by atoms with Crippen LogP contribution < -0.4 is 5.32 Å². The summed E-state index contributed by atoms with van der Waals surface area (Å²) in [7, 11) is -0.266. The van der Waals surface area contributed by atoms with Crippen molar-refractivity contribution >= 4 is 19.1 Å². The minimum Gasteiger partial charge on any atom is -0.403 e. The molecule has 2 unspecified atom stereocenters. The predicted octanol–water partition coefficient (Wildman–Crippen LogP) is 1.87. The molecule has 0 bridgehead atoms. The second-order valence-corrected chi connectivity index (χ2v) is 8.91. The molecule has 3 saturated heterocycles. The maximum Gasteiger partial charge on any atom is 0.463 e. The van der Waals surface area contributed by atoms with E-state index in [1.165, 1.54) is 0 Å². The molecule has 3 aliphatic heterocycles. The summed E-state index contributed by atoms with van der Waals surface area (Å²) >= 11 is 0. The molecular formula is C18H32BN3O4. The van der Waals surface area contributed by atoms with Crippen molar-refractivity contribution in [3.05, 3.63) is 0 Å². The number of hydrogen-bond donors (Lipinski definition) is 1. The van der Waals surface area contributed by atoms with Gasteiger partial charge in [-0.3, -0.25) is 4.79 Å². The van der Waals surface area contributed by atoms with Crippen LogP contribution in [0.2, 0.25) is 5.82 Å². The van der Waals surface area contributed by atoms with Gasteiger partial charge in [-0.2, -0.15) is 0 Å². The fourth-order valence-electron chi connectivity index (χ4n) is 3.85. The number of carbonyl (C=O) groups excluding carboxylic acids is 2.